The van der Waals surface area contributed by atoms with E-state index >= 15 is 0 Å². The normalized spacial score (nSPS) is 20.1. The Bertz CT molecular complexity index is 442. The van der Waals surface area contributed by atoms with Gasteiger partial charge in [-0.1, -0.05) is 6.92 Å². The third-order valence-electron chi connectivity index (χ3n) is 3.50. The average Bonchev–Trinajstić information content (AvgIpc) is 2.39. The van der Waals surface area contributed by atoms with Crippen LogP contribution in [0.2, 0.25) is 0 Å². The van der Waals surface area contributed by atoms with Gasteiger partial charge < -0.3 is 15.0 Å². The predicted molar refractivity (Wildman–Crippen MR) is 70.9 cm³/mol. The molecule has 1 atom stereocenters. The molecule has 1 aromatic heterocycles. The molecule has 0 spiro atoms. The number of anilines is 1. The predicted octanol–water partition coefficient (Wildman–Crippen LogP) is 1.07. The van der Waals surface area contributed by atoms with Crippen molar-refractivity contribution in [2.75, 3.05) is 18.1 Å². The second-order valence-electron chi connectivity index (χ2n) is 4.76. The average molecular weight is 251 g/mol. The highest BCUT2D eigenvalue weighted by Crippen LogP contribution is 2.24. The summed E-state index contributed by atoms with van der Waals surface area (Å²) in [6.45, 7) is 3.08. The lowest BCUT2D eigenvalue weighted by Crippen LogP contribution is -2.41. The lowest BCUT2D eigenvalue weighted by Gasteiger charge is -2.36. The summed E-state index contributed by atoms with van der Waals surface area (Å²) in [4.78, 5) is 21.0. The molecule has 1 aliphatic heterocycles. The maximum absolute atomic E-state index is 11.6. The number of rotatable bonds is 4. The van der Waals surface area contributed by atoms with Crippen molar-refractivity contribution < 1.29 is 5.11 Å². The fraction of sp³-hybridized carbons (Fsp3) is 0.692. The van der Waals surface area contributed by atoms with Gasteiger partial charge in [0, 0.05) is 31.7 Å². The minimum atomic E-state index is -0.0924. The number of hydrogen-bond donors (Lipinski definition) is 2. The number of nitrogens with zero attached hydrogens (tertiary/aromatic N) is 2. The summed E-state index contributed by atoms with van der Waals surface area (Å²) in [6.07, 6.45) is 4.84. The van der Waals surface area contributed by atoms with Gasteiger partial charge in [-0.05, 0) is 25.7 Å². The van der Waals surface area contributed by atoms with E-state index in [2.05, 4.69) is 14.9 Å². The second kappa shape index (κ2) is 6.00. The van der Waals surface area contributed by atoms with Gasteiger partial charge >= 0.3 is 0 Å². The SMILES string of the molecule is CCc1nc(N2CCCCC2CCO)cc(=O)[nH]1. The Hall–Kier alpha value is -1.36. The van der Waals surface area contributed by atoms with E-state index in [0.717, 1.165) is 43.9 Å². The molecule has 1 unspecified atom stereocenters. The van der Waals surface area contributed by atoms with Gasteiger partial charge in [-0.2, -0.15) is 0 Å². The number of aromatic nitrogens is 2. The van der Waals surface area contributed by atoms with E-state index in [-0.39, 0.29) is 12.2 Å². The molecule has 2 N–H and O–H groups in total. The van der Waals surface area contributed by atoms with E-state index in [9.17, 15) is 4.79 Å². The molecule has 0 bridgehead atoms. The first-order chi connectivity index (χ1) is 8.74. The lowest BCUT2D eigenvalue weighted by atomic mass is 10.00. The van der Waals surface area contributed by atoms with E-state index in [1.807, 2.05) is 6.92 Å². The van der Waals surface area contributed by atoms with E-state index in [1.54, 1.807) is 6.07 Å². The van der Waals surface area contributed by atoms with Crippen molar-refractivity contribution in [1.29, 1.82) is 0 Å². The molecule has 1 aromatic rings. The number of piperidine rings is 1. The van der Waals surface area contributed by atoms with Crippen LogP contribution in [0.25, 0.3) is 0 Å². The van der Waals surface area contributed by atoms with Gasteiger partial charge in [0.1, 0.15) is 11.6 Å². The van der Waals surface area contributed by atoms with Gasteiger partial charge in [-0.15, -0.1) is 0 Å². The van der Waals surface area contributed by atoms with Gasteiger partial charge in [0.15, 0.2) is 0 Å². The summed E-state index contributed by atoms with van der Waals surface area (Å²) in [5, 5.41) is 9.12. The van der Waals surface area contributed by atoms with Crippen LogP contribution in [0, 0.1) is 0 Å². The van der Waals surface area contributed by atoms with Gasteiger partial charge in [0.25, 0.3) is 5.56 Å². The van der Waals surface area contributed by atoms with Crippen molar-refractivity contribution in [3.63, 3.8) is 0 Å². The van der Waals surface area contributed by atoms with Crippen molar-refractivity contribution in [2.24, 2.45) is 0 Å². The highest BCUT2D eigenvalue weighted by molar-refractivity contribution is 5.39. The number of aromatic amines is 1. The van der Waals surface area contributed by atoms with Crippen LogP contribution in [0.4, 0.5) is 5.82 Å². The minimum absolute atomic E-state index is 0.0924. The largest absolute Gasteiger partial charge is 0.396 e. The highest BCUT2D eigenvalue weighted by Gasteiger charge is 2.23. The molecule has 100 valence electrons. The summed E-state index contributed by atoms with van der Waals surface area (Å²) in [7, 11) is 0. The third-order valence-corrected chi connectivity index (χ3v) is 3.50. The van der Waals surface area contributed by atoms with Crippen LogP contribution in [-0.2, 0) is 6.42 Å². The monoisotopic (exact) mass is 251 g/mol. The molecular formula is C13H21N3O2. The molecule has 0 aromatic carbocycles. The summed E-state index contributed by atoms with van der Waals surface area (Å²) in [6, 6.07) is 1.87. The number of aliphatic hydroxyl groups is 1. The highest BCUT2D eigenvalue weighted by atomic mass is 16.3. The van der Waals surface area contributed by atoms with Crippen LogP contribution in [0.3, 0.4) is 0 Å². The Morgan fingerprint density at radius 2 is 2.39 bits per heavy atom. The zero-order valence-corrected chi connectivity index (χ0v) is 10.9. The molecule has 2 heterocycles. The van der Waals surface area contributed by atoms with Crippen molar-refractivity contribution in [3.05, 3.63) is 22.2 Å². The molecule has 1 saturated heterocycles. The molecular weight excluding hydrogens is 230 g/mol. The molecule has 0 radical (unpaired) electrons. The minimum Gasteiger partial charge on any atom is -0.396 e. The van der Waals surface area contributed by atoms with Crippen LogP contribution in [-0.4, -0.2) is 34.3 Å². The zero-order chi connectivity index (χ0) is 13.0. The zero-order valence-electron chi connectivity index (χ0n) is 10.9. The summed E-state index contributed by atoms with van der Waals surface area (Å²) < 4.78 is 0. The van der Waals surface area contributed by atoms with Crippen LogP contribution in [0.15, 0.2) is 10.9 Å². The lowest BCUT2D eigenvalue weighted by molar-refractivity contribution is 0.262. The smallest absolute Gasteiger partial charge is 0.252 e. The number of aliphatic hydroxyl groups excluding tert-OH is 1. The maximum Gasteiger partial charge on any atom is 0.252 e. The van der Waals surface area contributed by atoms with Crippen molar-refractivity contribution >= 4 is 5.82 Å². The van der Waals surface area contributed by atoms with Crippen LogP contribution >= 0.6 is 0 Å². The number of aryl methyl sites for hydroxylation is 1. The summed E-state index contributed by atoms with van der Waals surface area (Å²) >= 11 is 0. The fourth-order valence-electron chi connectivity index (χ4n) is 2.56. The fourth-order valence-corrected chi connectivity index (χ4v) is 2.56. The Morgan fingerprint density at radius 1 is 1.56 bits per heavy atom. The van der Waals surface area contributed by atoms with Gasteiger partial charge in [0.2, 0.25) is 0 Å². The molecule has 1 fully saturated rings. The van der Waals surface area contributed by atoms with Crippen LogP contribution in [0.1, 0.15) is 38.4 Å². The quantitative estimate of drug-likeness (QED) is 0.840. The Labute approximate surface area is 107 Å². The topological polar surface area (TPSA) is 69.2 Å². The maximum atomic E-state index is 11.6. The third kappa shape index (κ3) is 2.90. The second-order valence-corrected chi connectivity index (χ2v) is 4.76. The first-order valence-electron chi connectivity index (χ1n) is 6.72. The van der Waals surface area contributed by atoms with Crippen molar-refractivity contribution in [2.45, 2.75) is 45.1 Å². The van der Waals surface area contributed by atoms with Crippen molar-refractivity contribution in [3.8, 4) is 0 Å². The number of hydrogen-bond acceptors (Lipinski definition) is 4. The molecule has 1 aliphatic rings. The van der Waals surface area contributed by atoms with E-state index in [4.69, 9.17) is 5.11 Å². The molecule has 0 aliphatic carbocycles. The Kier molecular flexibility index (Phi) is 4.36. The molecule has 0 amide bonds. The molecule has 18 heavy (non-hydrogen) atoms. The molecule has 0 saturated carbocycles. The molecule has 5 nitrogen and oxygen atoms in total. The van der Waals surface area contributed by atoms with Crippen LogP contribution in [0.5, 0.6) is 0 Å². The molecule has 2 rings (SSSR count). The van der Waals surface area contributed by atoms with Gasteiger partial charge in [0.05, 0.1) is 0 Å². The Balaban J connectivity index is 2.27. The van der Waals surface area contributed by atoms with E-state index < -0.39 is 0 Å². The van der Waals surface area contributed by atoms with Crippen LogP contribution < -0.4 is 10.5 Å². The molecule has 5 heteroatoms. The standard InChI is InChI=1S/C13H21N3O2/c1-2-11-14-12(9-13(18)15-11)16-7-4-3-5-10(16)6-8-17/h9-10,17H,2-8H2,1H3,(H,14,15,18). The number of H-pyrrole nitrogens is 1. The van der Waals surface area contributed by atoms with E-state index in [0.29, 0.717) is 6.04 Å². The van der Waals surface area contributed by atoms with Crippen molar-refractivity contribution in [1.82, 2.24) is 9.97 Å². The first-order valence-corrected chi connectivity index (χ1v) is 6.72. The first kappa shape index (κ1) is 13.1. The summed E-state index contributed by atoms with van der Waals surface area (Å²) in [5.74, 6) is 1.49. The summed E-state index contributed by atoms with van der Waals surface area (Å²) in [5.41, 5.74) is -0.0924. The van der Waals surface area contributed by atoms with Gasteiger partial charge in [-0.25, -0.2) is 4.98 Å². The van der Waals surface area contributed by atoms with E-state index in [1.165, 1.54) is 6.42 Å². The number of nitrogens with one attached hydrogen (secondary N) is 1. The Morgan fingerprint density at radius 3 is 3.11 bits per heavy atom. The van der Waals surface area contributed by atoms with Gasteiger partial charge in [-0.3, -0.25) is 4.79 Å².